The highest BCUT2D eigenvalue weighted by Crippen LogP contribution is 2.23. The van der Waals surface area contributed by atoms with Gasteiger partial charge in [0.05, 0.1) is 0 Å². The second-order valence-corrected chi connectivity index (χ2v) is 4.03. The van der Waals surface area contributed by atoms with Gasteiger partial charge in [-0.2, -0.15) is 0 Å². The number of hydrogen-bond donors (Lipinski definition) is 0. The minimum Gasteiger partial charge on any atom is -0.395 e. The van der Waals surface area contributed by atoms with Crippen LogP contribution in [0, 0.1) is 0 Å². The lowest BCUT2D eigenvalue weighted by Crippen LogP contribution is -1.88. The van der Waals surface area contributed by atoms with Gasteiger partial charge in [0.2, 0.25) is 0 Å². The van der Waals surface area contributed by atoms with E-state index in [9.17, 15) is 4.79 Å². The maximum atomic E-state index is 11.2. The first kappa shape index (κ1) is 11.7. The highest BCUT2D eigenvalue weighted by atomic mass is 16.6. The fourth-order valence-electron chi connectivity index (χ4n) is 1.82. The van der Waals surface area contributed by atoms with Crippen LogP contribution in [0.5, 0.6) is 0 Å². The Balaban J connectivity index is 2.25. The van der Waals surface area contributed by atoms with Crippen molar-refractivity contribution in [2.24, 2.45) is 0 Å². The average Bonchev–Trinajstić information content (AvgIpc) is 2.72. The lowest BCUT2D eigenvalue weighted by Gasteiger charge is -1.99. The van der Waals surface area contributed by atoms with Crippen molar-refractivity contribution in [1.29, 1.82) is 0 Å². The van der Waals surface area contributed by atoms with Gasteiger partial charge >= 0.3 is 5.82 Å². The van der Waals surface area contributed by atoms with Gasteiger partial charge in [-0.05, 0) is 6.42 Å². The molecule has 1 heterocycles. The third-order valence-corrected chi connectivity index (χ3v) is 2.69. The van der Waals surface area contributed by atoms with Gasteiger partial charge in [0.1, 0.15) is 0 Å². The van der Waals surface area contributed by atoms with Crippen molar-refractivity contribution in [3.63, 3.8) is 0 Å². The molecule has 0 atom stereocenters. The molecule has 90 valence electrons. The van der Waals surface area contributed by atoms with Crippen LogP contribution in [0.2, 0.25) is 0 Å². The second kappa shape index (κ2) is 5.53. The predicted molar refractivity (Wildman–Crippen MR) is 65.9 cm³/mol. The monoisotopic (exact) mass is 232 g/mol. The van der Waals surface area contributed by atoms with Gasteiger partial charge < -0.3 is 8.83 Å². The number of rotatable bonds is 5. The molecule has 1 aromatic carbocycles. The fourth-order valence-corrected chi connectivity index (χ4v) is 1.82. The molecule has 3 nitrogen and oxygen atoms in total. The molecule has 17 heavy (non-hydrogen) atoms. The van der Waals surface area contributed by atoms with Crippen LogP contribution in [0.15, 0.2) is 44.0 Å². The minimum absolute atomic E-state index is 0.576. The number of unbranched alkanes of at least 4 members (excludes halogenated alkanes) is 2. The molecule has 3 heteroatoms. The Morgan fingerprint density at radius 1 is 1.06 bits per heavy atom. The highest BCUT2D eigenvalue weighted by molar-refractivity contribution is 5.58. The molecule has 0 aliphatic heterocycles. The smallest absolute Gasteiger partial charge is 0.395 e. The Hall–Kier alpha value is -1.77. The highest BCUT2D eigenvalue weighted by Gasteiger charge is 2.13. The largest absolute Gasteiger partial charge is 0.519 e. The normalized spacial score (nSPS) is 10.6. The molecule has 0 fully saturated rings. The van der Waals surface area contributed by atoms with Crippen LogP contribution < -0.4 is 5.82 Å². The summed E-state index contributed by atoms with van der Waals surface area (Å²) in [7, 11) is 0. The molecule has 2 aromatic rings. The maximum absolute atomic E-state index is 11.2. The first-order valence-electron chi connectivity index (χ1n) is 5.99. The first-order chi connectivity index (χ1) is 8.31. The van der Waals surface area contributed by atoms with E-state index in [0.29, 0.717) is 11.5 Å². The minimum atomic E-state index is -0.615. The van der Waals surface area contributed by atoms with Crippen molar-refractivity contribution in [3.05, 3.63) is 46.7 Å². The molecule has 0 radical (unpaired) electrons. The summed E-state index contributed by atoms with van der Waals surface area (Å²) in [5.41, 5.74) is 0.893. The van der Waals surface area contributed by atoms with E-state index in [1.54, 1.807) is 0 Å². The van der Waals surface area contributed by atoms with Crippen molar-refractivity contribution in [2.75, 3.05) is 0 Å². The Bertz CT molecular complexity index is 508. The van der Waals surface area contributed by atoms with E-state index in [1.165, 1.54) is 0 Å². The summed E-state index contributed by atoms with van der Waals surface area (Å²) in [6.07, 6.45) is 4.04. The van der Waals surface area contributed by atoms with E-state index in [2.05, 4.69) is 6.92 Å². The van der Waals surface area contributed by atoms with Crippen molar-refractivity contribution in [2.45, 2.75) is 32.6 Å². The summed E-state index contributed by atoms with van der Waals surface area (Å²) in [4.78, 5) is 11.2. The summed E-state index contributed by atoms with van der Waals surface area (Å²) in [5.74, 6) is 0.622. The van der Waals surface area contributed by atoms with E-state index in [0.717, 1.165) is 31.2 Å². The number of hydrogen-bond acceptors (Lipinski definition) is 3. The van der Waals surface area contributed by atoms with Crippen molar-refractivity contribution in [1.82, 2.24) is 0 Å². The Kier molecular flexibility index (Phi) is 3.81. The third-order valence-electron chi connectivity index (χ3n) is 2.69. The van der Waals surface area contributed by atoms with Crippen LogP contribution in [0.3, 0.4) is 0 Å². The molecule has 0 unspecified atom stereocenters. The molecule has 0 aliphatic rings. The quantitative estimate of drug-likeness (QED) is 0.739. The van der Waals surface area contributed by atoms with Crippen LogP contribution in [-0.2, 0) is 6.42 Å². The summed E-state index contributed by atoms with van der Waals surface area (Å²) < 4.78 is 10.2. The molecular weight excluding hydrogens is 216 g/mol. The average molecular weight is 232 g/mol. The van der Waals surface area contributed by atoms with Crippen molar-refractivity contribution >= 4 is 0 Å². The van der Waals surface area contributed by atoms with E-state index >= 15 is 0 Å². The van der Waals surface area contributed by atoms with Gasteiger partial charge in [-0.1, -0.05) is 50.1 Å². The Morgan fingerprint density at radius 3 is 2.53 bits per heavy atom. The molecule has 0 N–H and O–H groups in total. The van der Waals surface area contributed by atoms with Gasteiger partial charge in [-0.25, -0.2) is 4.79 Å². The SMILES string of the molecule is CCCCCc1oc(=O)oc1-c1ccccc1. The molecule has 0 saturated carbocycles. The third kappa shape index (κ3) is 2.87. The predicted octanol–water partition coefficient (Wildman–Crippen LogP) is 3.63. The zero-order chi connectivity index (χ0) is 12.1. The molecule has 0 bridgehead atoms. The van der Waals surface area contributed by atoms with Crippen LogP contribution >= 0.6 is 0 Å². The van der Waals surface area contributed by atoms with Crippen LogP contribution in [0.25, 0.3) is 11.3 Å². The van der Waals surface area contributed by atoms with Crippen molar-refractivity contribution in [3.8, 4) is 11.3 Å². The van der Waals surface area contributed by atoms with E-state index in [-0.39, 0.29) is 0 Å². The zero-order valence-corrected chi connectivity index (χ0v) is 9.94. The second-order valence-electron chi connectivity index (χ2n) is 4.03. The lowest BCUT2D eigenvalue weighted by atomic mass is 10.1. The zero-order valence-electron chi connectivity index (χ0n) is 9.94. The summed E-state index contributed by atoms with van der Waals surface area (Å²) in [6.45, 7) is 2.14. The standard InChI is InChI=1S/C14H16O3/c1-2-3-5-10-12-13(17-14(15)16-12)11-8-6-4-7-9-11/h4,6-9H,2-3,5,10H2,1H3. The first-order valence-corrected chi connectivity index (χ1v) is 5.99. The Labute approximate surface area is 100 Å². The van der Waals surface area contributed by atoms with E-state index < -0.39 is 5.82 Å². The van der Waals surface area contributed by atoms with Crippen LogP contribution in [-0.4, -0.2) is 0 Å². The fraction of sp³-hybridized carbons (Fsp3) is 0.357. The summed E-state index contributed by atoms with van der Waals surface area (Å²) in [5, 5.41) is 0. The van der Waals surface area contributed by atoms with Gasteiger partial charge in [0.25, 0.3) is 0 Å². The molecular formula is C14H16O3. The van der Waals surface area contributed by atoms with Gasteiger partial charge in [-0.3, -0.25) is 0 Å². The van der Waals surface area contributed by atoms with Crippen molar-refractivity contribution < 1.29 is 8.83 Å². The molecule has 1 aromatic heterocycles. The molecule has 0 saturated heterocycles. The summed E-state index contributed by atoms with van der Waals surface area (Å²) >= 11 is 0. The Morgan fingerprint density at radius 2 is 1.82 bits per heavy atom. The van der Waals surface area contributed by atoms with Crippen LogP contribution in [0.4, 0.5) is 0 Å². The van der Waals surface area contributed by atoms with Gasteiger partial charge in [0.15, 0.2) is 11.5 Å². The maximum Gasteiger partial charge on any atom is 0.519 e. The molecule has 2 rings (SSSR count). The van der Waals surface area contributed by atoms with Crippen LogP contribution in [0.1, 0.15) is 31.9 Å². The van der Waals surface area contributed by atoms with E-state index in [1.807, 2.05) is 30.3 Å². The number of benzene rings is 1. The number of aryl methyl sites for hydroxylation is 1. The van der Waals surface area contributed by atoms with E-state index in [4.69, 9.17) is 8.83 Å². The lowest BCUT2D eigenvalue weighted by molar-refractivity contribution is 0.374. The molecule has 0 spiro atoms. The van der Waals surface area contributed by atoms with Gasteiger partial charge in [0, 0.05) is 12.0 Å². The topological polar surface area (TPSA) is 43.4 Å². The molecule has 0 aliphatic carbocycles. The molecule has 0 amide bonds. The van der Waals surface area contributed by atoms with Gasteiger partial charge in [-0.15, -0.1) is 0 Å². The summed E-state index contributed by atoms with van der Waals surface area (Å²) in [6, 6.07) is 9.59.